The van der Waals surface area contributed by atoms with Gasteiger partial charge in [-0.15, -0.1) is 0 Å². The first-order chi connectivity index (χ1) is 12.6. The van der Waals surface area contributed by atoms with Gasteiger partial charge < -0.3 is 4.52 Å². The number of fused-ring (bicyclic) bond motifs is 1. The van der Waals surface area contributed by atoms with Crippen LogP contribution in [0.5, 0.6) is 0 Å². The molecule has 130 valence electrons. The minimum atomic E-state index is -0.315. The summed E-state index contributed by atoms with van der Waals surface area (Å²) in [6, 6.07) is 10.9. The Morgan fingerprint density at radius 3 is 2.88 bits per heavy atom. The number of aromatic nitrogens is 3. The van der Waals surface area contributed by atoms with Crippen molar-refractivity contribution in [2.45, 2.75) is 13.5 Å². The third kappa shape index (κ3) is 3.18. The SMILES string of the molecule is Cc1cc(C(=O)N(Cc2cccnc2)c2nc3c(Cl)cccc3s2)on1. The van der Waals surface area contributed by atoms with E-state index >= 15 is 0 Å². The van der Waals surface area contributed by atoms with Crippen molar-refractivity contribution in [1.29, 1.82) is 0 Å². The van der Waals surface area contributed by atoms with Gasteiger partial charge >= 0.3 is 0 Å². The van der Waals surface area contributed by atoms with E-state index in [0.717, 1.165) is 10.3 Å². The van der Waals surface area contributed by atoms with Crippen LogP contribution in [0.2, 0.25) is 5.02 Å². The molecule has 8 heteroatoms. The zero-order valence-corrected chi connectivity index (χ0v) is 15.3. The molecular weight excluding hydrogens is 372 g/mol. The molecular formula is C18H13ClN4O2S. The van der Waals surface area contributed by atoms with Gasteiger partial charge in [-0.1, -0.05) is 40.2 Å². The Balaban J connectivity index is 1.78. The van der Waals surface area contributed by atoms with Crippen LogP contribution in [0.15, 0.2) is 53.3 Å². The second-order valence-corrected chi connectivity index (χ2v) is 7.08. The van der Waals surface area contributed by atoms with E-state index in [2.05, 4.69) is 15.1 Å². The second kappa shape index (κ2) is 6.86. The van der Waals surface area contributed by atoms with Gasteiger partial charge in [0.1, 0.15) is 5.52 Å². The van der Waals surface area contributed by atoms with Crippen molar-refractivity contribution < 1.29 is 9.32 Å². The van der Waals surface area contributed by atoms with Gasteiger partial charge in [-0.05, 0) is 30.7 Å². The Labute approximate surface area is 158 Å². The maximum absolute atomic E-state index is 13.0. The van der Waals surface area contributed by atoms with Gasteiger partial charge in [-0.3, -0.25) is 14.7 Å². The molecule has 0 N–H and O–H groups in total. The number of anilines is 1. The average Bonchev–Trinajstić information content (AvgIpc) is 3.27. The lowest BCUT2D eigenvalue weighted by atomic mass is 10.2. The second-order valence-electron chi connectivity index (χ2n) is 5.67. The van der Waals surface area contributed by atoms with Crippen molar-refractivity contribution >= 4 is 44.2 Å². The maximum atomic E-state index is 13.0. The molecule has 0 radical (unpaired) electrons. The number of hydrogen-bond acceptors (Lipinski definition) is 6. The van der Waals surface area contributed by atoms with Crippen LogP contribution in [-0.4, -0.2) is 21.0 Å². The predicted octanol–water partition coefficient (Wildman–Crippen LogP) is 4.49. The van der Waals surface area contributed by atoms with Crippen molar-refractivity contribution in [2.24, 2.45) is 0 Å². The van der Waals surface area contributed by atoms with Crippen LogP contribution in [0.4, 0.5) is 5.13 Å². The van der Waals surface area contributed by atoms with Crippen LogP contribution in [0.3, 0.4) is 0 Å². The molecule has 0 fully saturated rings. The smallest absolute Gasteiger partial charge is 0.298 e. The number of pyridine rings is 1. The molecule has 26 heavy (non-hydrogen) atoms. The van der Waals surface area contributed by atoms with Crippen LogP contribution in [0.1, 0.15) is 21.8 Å². The lowest BCUT2D eigenvalue weighted by Gasteiger charge is -2.18. The van der Waals surface area contributed by atoms with Gasteiger partial charge in [0.15, 0.2) is 5.13 Å². The zero-order chi connectivity index (χ0) is 18.1. The van der Waals surface area contributed by atoms with Gasteiger partial charge in [-0.25, -0.2) is 4.98 Å². The highest BCUT2D eigenvalue weighted by molar-refractivity contribution is 7.22. The summed E-state index contributed by atoms with van der Waals surface area (Å²) in [4.78, 5) is 23.3. The number of aryl methyl sites for hydroxylation is 1. The number of carbonyl (C=O) groups excluding carboxylic acids is 1. The van der Waals surface area contributed by atoms with Gasteiger partial charge in [0.05, 0.1) is 22.0 Å². The molecule has 4 aromatic rings. The van der Waals surface area contributed by atoms with Gasteiger partial charge in [0.2, 0.25) is 5.76 Å². The summed E-state index contributed by atoms with van der Waals surface area (Å²) in [7, 11) is 0. The Morgan fingerprint density at radius 1 is 1.31 bits per heavy atom. The zero-order valence-electron chi connectivity index (χ0n) is 13.7. The van der Waals surface area contributed by atoms with Crippen LogP contribution in [-0.2, 0) is 6.54 Å². The van der Waals surface area contributed by atoms with Gasteiger partial charge in [0, 0.05) is 18.5 Å². The monoisotopic (exact) mass is 384 g/mol. The van der Waals surface area contributed by atoms with E-state index in [9.17, 15) is 4.79 Å². The lowest BCUT2D eigenvalue weighted by Crippen LogP contribution is -2.30. The van der Waals surface area contributed by atoms with E-state index in [1.165, 1.54) is 11.3 Å². The molecule has 1 amide bonds. The highest BCUT2D eigenvalue weighted by atomic mass is 35.5. The quantitative estimate of drug-likeness (QED) is 0.518. The Hall–Kier alpha value is -2.77. The van der Waals surface area contributed by atoms with Crippen molar-refractivity contribution in [1.82, 2.24) is 15.1 Å². The molecule has 4 rings (SSSR count). The fourth-order valence-corrected chi connectivity index (χ4v) is 3.78. The normalized spacial score (nSPS) is 11.0. The summed E-state index contributed by atoms with van der Waals surface area (Å²) in [6.45, 7) is 2.08. The van der Waals surface area contributed by atoms with Gasteiger partial charge in [-0.2, -0.15) is 0 Å². The Kier molecular flexibility index (Phi) is 4.40. The standard InChI is InChI=1S/C18H13ClN4O2S/c1-11-8-14(25-22-11)17(24)23(10-12-4-3-7-20-9-12)18-21-16-13(19)5-2-6-15(16)26-18/h2-9H,10H2,1H3. The number of nitrogens with zero attached hydrogens (tertiary/aromatic N) is 4. The average molecular weight is 385 g/mol. The molecule has 0 aliphatic carbocycles. The third-order valence-electron chi connectivity index (χ3n) is 3.74. The topological polar surface area (TPSA) is 72.1 Å². The number of carbonyl (C=O) groups is 1. The highest BCUT2D eigenvalue weighted by Crippen LogP contribution is 2.34. The van der Waals surface area contributed by atoms with E-state index in [-0.39, 0.29) is 11.7 Å². The number of benzene rings is 1. The van der Waals surface area contributed by atoms with Crippen LogP contribution in [0, 0.1) is 6.92 Å². The summed E-state index contributed by atoms with van der Waals surface area (Å²) in [5.74, 6) is -0.152. The minimum Gasteiger partial charge on any atom is -0.351 e. The third-order valence-corrected chi connectivity index (χ3v) is 5.09. The highest BCUT2D eigenvalue weighted by Gasteiger charge is 2.25. The van der Waals surface area contributed by atoms with Crippen molar-refractivity contribution in [3.8, 4) is 0 Å². The first kappa shape index (κ1) is 16.7. The molecule has 0 aliphatic rings. The first-order valence-electron chi connectivity index (χ1n) is 7.81. The molecule has 1 aromatic carbocycles. The molecule has 0 saturated heterocycles. The number of hydrogen-bond donors (Lipinski definition) is 0. The first-order valence-corrected chi connectivity index (χ1v) is 9.00. The number of para-hydroxylation sites is 1. The molecule has 0 spiro atoms. The van der Waals surface area contributed by atoms with E-state index in [4.69, 9.17) is 16.1 Å². The molecule has 0 saturated carbocycles. The largest absolute Gasteiger partial charge is 0.351 e. The fourth-order valence-electron chi connectivity index (χ4n) is 2.52. The molecule has 0 bridgehead atoms. The minimum absolute atomic E-state index is 0.164. The van der Waals surface area contributed by atoms with E-state index < -0.39 is 0 Å². The van der Waals surface area contributed by atoms with Crippen molar-refractivity contribution in [2.75, 3.05) is 4.90 Å². The molecule has 0 atom stereocenters. The lowest BCUT2D eigenvalue weighted by molar-refractivity contribution is 0.0949. The summed E-state index contributed by atoms with van der Waals surface area (Å²) in [5, 5.41) is 4.89. The Morgan fingerprint density at radius 2 is 2.19 bits per heavy atom. The van der Waals surface area contributed by atoms with E-state index in [1.54, 1.807) is 36.4 Å². The van der Waals surface area contributed by atoms with Crippen LogP contribution in [0.25, 0.3) is 10.2 Å². The van der Waals surface area contributed by atoms with Crippen molar-refractivity contribution in [3.05, 3.63) is 70.8 Å². The van der Waals surface area contributed by atoms with Crippen molar-refractivity contribution in [3.63, 3.8) is 0 Å². The number of amides is 1. The number of halogens is 1. The van der Waals surface area contributed by atoms with E-state index in [0.29, 0.717) is 27.9 Å². The molecule has 0 unspecified atom stereocenters. The molecule has 3 heterocycles. The predicted molar refractivity (Wildman–Crippen MR) is 101 cm³/mol. The molecule has 3 aromatic heterocycles. The van der Waals surface area contributed by atoms with Crippen LogP contribution < -0.4 is 4.90 Å². The summed E-state index contributed by atoms with van der Waals surface area (Å²) in [6.07, 6.45) is 3.40. The Bertz CT molecular complexity index is 1080. The molecule has 0 aliphatic heterocycles. The van der Waals surface area contributed by atoms with E-state index in [1.807, 2.05) is 24.3 Å². The number of rotatable bonds is 4. The van der Waals surface area contributed by atoms with Gasteiger partial charge in [0.25, 0.3) is 5.91 Å². The fraction of sp³-hybridized carbons (Fsp3) is 0.111. The van der Waals surface area contributed by atoms with Crippen LogP contribution >= 0.6 is 22.9 Å². The summed E-state index contributed by atoms with van der Waals surface area (Å²) in [5.41, 5.74) is 2.19. The summed E-state index contributed by atoms with van der Waals surface area (Å²) < 4.78 is 6.07. The maximum Gasteiger partial charge on any atom is 0.298 e. The molecule has 6 nitrogen and oxygen atoms in total. The number of thiazole rings is 1. The summed E-state index contributed by atoms with van der Waals surface area (Å²) >= 11 is 7.63.